The Hall–Kier alpha value is -0.950. The van der Waals surface area contributed by atoms with E-state index in [-0.39, 0.29) is 0 Å². The smallest absolute Gasteiger partial charge is 0.0436 e. The largest absolute Gasteiger partial charge is 0.359 e. The van der Waals surface area contributed by atoms with Gasteiger partial charge in [0.1, 0.15) is 0 Å². The van der Waals surface area contributed by atoms with Crippen LogP contribution in [0.1, 0.15) is 25.3 Å². The minimum absolute atomic E-state index is 0.419. The molecule has 0 saturated heterocycles. The maximum absolute atomic E-state index is 5.93. The van der Waals surface area contributed by atoms with Crippen molar-refractivity contribution in [3.8, 4) is 0 Å². The minimum atomic E-state index is 0.419. The average molecular weight is 208 g/mol. The maximum atomic E-state index is 5.93. The quantitative estimate of drug-likeness (QED) is 0.734. The van der Waals surface area contributed by atoms with Crippen LogP contribution in [0.15, 0.2) is 30.5 Å². The van der Waals surface area contributed by atoms with Crippen molar-refractivity contribution in [1.29, 1.82) is 0 Å². The number of halogens is 1. The fourth-order valence-corrected chi connectivity index (χ4v) is 2.28. The van der Waals surface area contributed by atoms with E-state index >= 15 is 0 Å². The Morgan fingerprint density at radius 3 is 2.79 bits per heavy atom. The summed E-state index contributed by atoms with van der Waals surface area (Å²) in [4.78, 5) is 0. The first-order valence-electron chi connectivity index (χ1n) is 4.85. The van der Waals surface area contributed by atoms with E-state index in [1.807, 2.05) is 12.1 Å². The zero-order valence-electron chi connectivity index (χ0n) is 8.47. The third kappa shape index (κ3) is 1.42. The van der Waals surface area contributed by atoms with E-state index in [4.69, 9.17) is 11.6 Å². The molecule has 1 aliphatic rings. The number of anilines is 1. The van der Waals surface area contributed by atoms with Crippen molar-refractivity contribution in [3.63, 3.8) is 0 Å². The second kappa shape index (κ2) is 3.32. The van der Waals surface area contributed by atoms with Gasteiger partial charge in [-0.2, -0.15) is 0 Å². The van der Waals surface area contributed by atoms with Gasteiger partial charge in [0.2, 0.25) is 0 Å². The molecule has 2 rings (SSSR count). The number of fused-ring (bicyclic) bond motifs is 1. The summed E-state index contributed by atoms with van der Waals surface area (Å²) in [5.74, 6) is 0.986. The van der Waals surface area contributed by atoms with Crippen LogP contribution in [0.3, 0.4) is 0 Å². The number of nitrogens with one attached hydrogen (secondary N) is 1. The molecule has 1 heterocycles. The second-order valence-corrected chi connectivity index (χ2v) is 4.54. The van der Waals surface area contributed by atoms with Crippen LogP contribution >= 0.6 is 11.6 Å². The Kier molecular flexibility index (Phi) is 2.28. The Balaban J connectivity index is 2.48. The number of hydrogen-bond acceptors (Lipinski definition) is 1. The minimum Gasteiger partial charge on any atom is -0.359 e. The number of rotatable bonds is 1. The van der Waals surface area contributed by atoms with Crippen molar-refractivity contribution in [1.82, 2.24) is 0 Å². The van der Waals surface area contributed by atoms with Crippen LogP contribution in [0.25, 0.3) is 0 Å². The predicted molar refractivity (Wildman–Crippen MR) is 61.8 cm³/mol. The van der Waals surface area contributed by atoms with Crippen molar-refractivity contribution >= 4 is 17.3 Å². The molecule has 0 saturated carbocycles. The first-order chi connectivity index (χ1) is 6.59. The molecule has 0 spiro atoms. The highest BCUT2D eigenvalue weighted by atomic mass is 35.5. The first-order valence-corrected chi connectivity index (χ1v) is 5.22. The lowest BCUT2D eigenvalue weighted by Gasteiger charge is -2.15. The molecule has 0 fully saturated rings. The molecular weight excluding hydrogens is 194 g/mol. The molecule has 0 aromatic heterocycles. The molecule has 0 radical (unpaired) electrons. The molecule has 1 aromatic carbocycles. The van der Waals surface area contributed by atoms with Gasteiger partial charge in [-0.15, -0.1) is 0 Å². The average Bonchev–Trinajstić information content (AvgIpc) is 2.39. The molecule has 1 atom stereocenters. The number of allylic oxidation sites excluding steroid dienone is 1. The third-order valence-electron chi connectivity index (χ3n) is 2.69. The summed E-state index contributed by atoms with van der Waals surface area (Å²) in [5.41, 5.74) is 3.51. The zero-order chi connectivity index (χ0) is 10.3. The van der Waals surface area contributed by atoms with Crippen molar-refractivity contribution < 1.29 is 0 Å². The molecular formula is C12H14ClN. The topological polar surface area (TPSA) is 12.0 Å². The molecule has 1 N–H and O–H groups in total. The van der Waals surface area contributed by atoms with Gasteiger partial charge >= 0.3 is 0 Å². The monoisotopic (exact) mass is 207 g/mol. The van der Waals surface area contributed by atoms with Gasteiger partial charge in [0.15, 0.2) is 0 Å². The fourth-order valence-electron chi connectivity index (χ4n) is 2.11. The summed E-state index contributed by atoms with van der Waals surface area (Å²) in [5, 5.41) is 4.06. The van der Waals surface area contributed by atoms with Crippen molar-refractivity contribution in [3.05, 3.63) is 41.1 Å². The van der Waals surface area contributed by atoms with Gasteiger partial charge in [-0.3, -0.25) is 0 Å². The normalized spacial score (nSPS) is 19.7. The summed E-state index contributed by atoms with van der Waals surface area (Å²) in [6, 6.07) is 5.99. The summed E-state index contributed by atoms with van der Waals surface area (Å²) < 4.78 is 0. The van der Waals surface area contributed by atoms with E-state index in [1.165, 1.54) is 5.56 Å². The molecule has 0 unspecified atom stereocenters. The van der Waals surface area contributed by atoms with Gasteiger partial charge in [0.25, 0.3) is 0 Å². The van der Waals surface area contributed by atoms with Gasteiger partial charge in [-0.05, 0) is 23.6 Å². The summed E-state index contributed by atoms with van der Waals surface area (Å²) in [6.07, 6.45) is 0. The molecule has 0 amide bonds. The summed E-state index contributed by atoms with van der Waals surface area (Å²) in [6.45, 7) is 8.47. The van der Waals surface area contributed by atoms with Crippen LogP contribution in [-0.2, 0) is 0 Å². The summed E-state index contributed by atoms with van der Waals surface area (Å²) >= 11 is 5.93. The van der Waals surface area contributed by atoms with Crippen molar-refractivity contribution in [2.75, 3.05) is 5.32 Å². The third-order valence-corrected chi connectivity index (χ3v) is 2.92. The fraction of sp³-hybridized carbons (Fsp3) is 0.333. The van der Waals surface area contributed by atoms with Crippen molar-refractivity contribution in [2.24, 2.45) is 5.92 Å². The summed E-state index contributed by atoms with van der Waals surface area (Å²) in [7, 11) is 0. The number of hydrogen-bond donors (Lipinski definition) is 1. The van der Waals surface area contributed by atoms with Gasteiger partial charge in [-0.25, -0.2) is 0 Å². The van der Waals surface area contributed by atoms with Crippen molar-refractivity contribution in [2.45, 2.75) is 19.8 Å². The first kappa shape index (κ1) is 9.60. The van der Waals surface area contributed by atoms with E-state index in [9.17, 15) is 0 Å². The molecule has 14 heavy (non-hydrogen) atoms. The van der Waals surface area contributed by atoms with Crippen LogP contribution in [-0.4, -0.2) is 0 Å². The zero-order valence-corrected chi connectivity index (χ0v) is 9.23. The molecule has 0 bridgehead atoms. The highest BCUT2D eigenvalue weighted by Gasteiger charge is 2.28. The standard InChI is InChI=1S/C12H14ClN/c1-7(2)12-8(3)14-11-6-9(13)4-5-10(11)12/h4-7,12,14H,3H2,1-2H3/t12-/m0/s1. The highest BCUT2D eigenvalue weighted by molar-refractivity contribution is 6.30. The molecule has 1 aromatic rings. The van der Waals surface area contributed by atoms with Gasteiger partial charge in [0.05, 0.1) is 0 Å². The highest BCUT2D eigenvalue weighted by Crippen LogP contribution is 2.42. The number of benzene rings is 1. The van der Waals surface area contributed by atoms with E-state index in [1.54, 1.807) is 0 Å². The maximum Gasteiger partial charge on any atom is 0.0436 e. The predicted octanol–water partition coefficient (Wildman–Crippen LogP) is 4.02. The van der Waals surface area contributed by atoms with E-state index in [2.05, 4.69) is 31.8 Å². The molecule has 0 aliphatic carbocycles. The lowest BCUT2D eigenvalue weighted by Crippen LogP contribution is -2.05. The van der Waals surface area contributed by atoms with Crippen LogP contribution < -0.4 is 5.32 Å². The van der Waals surface area contributed by atoms with Gasteiger partial charge < -0.3 is 5.32 Å². The Bertz CT molecular complexity index is 382. The Morgan fingerprint density at radius 2 is 2.14 bits per heavy atom. The van der Waals surface area contributed by atoms with Gasteiger partial charge in [0, 0.05) is 22.3 Å². The lowest BCUT2D eigenvalue weighted by molar-refractivity contribution is 0.571. The van der Waals surface area contributed by atoms with Gasteiger partial charge in [-0.1, -0.05) is 38.1 Å². The van der Waals surface area contributed by atoms with E-state index in [0.29, 0.717) is 11.8 Å². The van der Waals surface area contributed by atoms with E-state index in [0.717, 1.165) is 16.4 Å². The SMILES string of the molecule is C=C1Nc2cc(Cl)ccc2[C@H]1C(C)C. The molecule has 74 valence electrons. The Labute approximate surface area is 89.8 Å². The molecule has 1 nitrogen and oxygen atoms in total. The second-order valence-electron chi connectivity index (χ2n) is 4.10. The van der Waals surface area contributed by atoms with E-state index < -0.39 is 0 Å². The molecule has 2 heteroatoms. The van der Waals surface area contributed by atoms with Crippen LogP contribution in [0, 0.1) is 5.92 Å². The molecule has 1 aliphatic heterocycles. The Morgan fingerprint density at radius 1 is 1.43 bits per heavy atom. The van der Waals surface area contributed by atoms with Crippen LogP contribution in [0.4, 0.5) is 5.69 Å². The van der Waals surface area contributed by atoms with Crippen LogP contribution in [0.5, 0.6) is 0 Å². The lowest BCUT2D eigenvalue weighted by atomic mass is 9.88. The van der Waals surface area contributed by atoms with Crippen LogP contribution in [0.2, 0.25) is 5.02 Å².